The summed E-state index contributed by atoms with van der Waals surface area (Å²) in [5.41, 5.74) is 4.00. The minimum absolute atomic E-state index is 0.0381. The minimum atomic E-state index is -0.553. The lowest BCUT2D eigenvalue weighted by molar-refractivity contribution is -0.132. The lowest BCUT2D eigenvalue weighted by Gasteiger charge is -2.27. The molecule has 1 unspecified atom stereocenters. The van der Waals surface area contributed by atoms with Gasteiger partial charge in [0.1, 0.15) is 5.82 Å². The monoisotopic (exact) mass is 402 g/mol. The summed E-state index contributed by atoms with van der Waals surface area (Å²) in [7, 11) is 3.39. The maximum Gasteiger partial charge on any atom is 0.253 e. The molecule has 6 nitrogen and oxygen atoms in total. The predicted molar refractivity (Wildman–Crippen MR) is 107 cm³/mol. The summed E-state index contributed by atoms with van der Waals surface area (Å²) in [5.74, 6) is -1.23. The Bertz CT molecular complexity index is 807. The fourth-order valence-corrected chi connectivity index (χ4v) is 3.23. The third-order valence-corrected chi connectivity index (χ3v) is 4.70. The Hall–Kier alpha value is -2.77. The standard InChI is InChI=1S/C22H27FN2O4/c1-4-29-20(14-21(26)24-28)19(16-9-11-18(23)12-10-16)13-15-5-7-17(8-6-15)22(27)25(2)3/h5-12,19-20,28H,4,13-14H2,1-3H3,(H,24,26)/t19?,20-/m1/s1. The van der Waals surface area contributed by atoms with Gasteiger partial charge in [-0.2, -0.15) is 0 Å². The number of carbonyl (C=O) groups is 2. The first-order valence-electron chi connectivity index (χ1n) is 9.46. The highest BCUT2D eigenvalue weighted by molar-refractivity contribution is 5.93. The van der Waals surface area contributed by atoms with Crippen molar-refractivity contribution in [2.75, 3.05) is 20.7 Å². The van der Waals surface area contributed by atoms with Crippen molar-refractivity contribution >= 4 is 11.8 Å². The molecule has 0 aliphatic rings. The first-order chi connectivity index (χ1) is 13.8. The van der Waals surface area contributed by atoms with Crippen molar-refractivity contribution in [1.29, 1.82) is 0 Å². The Morgan fingerprint density at radius 3 is 2.24 bits per heavy atom. The van der Waals surface area contributed by atoms with Gasteiger partial charge in [0.2, 0.25) is 5.91 Å². The summed E-state index contributed by atoms with van der Waals surface area (Å²) < 4.78 is 19.2. The second-order valence-electron chi connectivity index (χ2n) is 6.99. The molecule has 0 spiro atoms. The SMILES string of the molecule is CCO[C@H](CC(=O)NO)C(Cc1ccc(C(=O)N(C)C)cc1)c1ccc(F)cc1. The van der Waals surface area contributed by atoms with Crippen LogP contribution in [-0.4, -0.2) is 48.7 Å². The largest absolute Gasteiger partial charge is 0.377 e. The number of carbonyl (C=O) groups excluding carboxylic acids is 2. The van der Waals surface area contributed by atoms with Gasteiger partial charge in [-0.15, -0.1) is 0 Å². The molecule has 0 radical (unpaired) electrons. The molecule has 0 aromatic heterocycles. The van der Waals surface area contributed by atoms with Gasteiger partial charge in [-0.1, -0.05) is 24.3 Å². The smallest absolute Gasteiger partial charge is 0.253 e. The molecule has 2 amide bonds. The zero-order valence-electron chi connectivity index (χ0n) is 16.9. The molecule has 0 heterocycles. The average Bonchev–Trinajstić information content (AvgIpc) is 2.72. The highest BCUT2D eigenvalue weighted by Crippen LogP contribution is 2.29. The van der Waals surface area contributed by atoms with Gasteiger partial charge in [0.25, 0.3) is 5.91 Å². The van der Waals surface area contributed by atoms with Crippen LogP contribution in [0.3, 0.4) is 0 Å². The molecule has 7 heteroatoms. The first-order valence-corrected chi connectivity index (χ1v) is 9.46. The number of benzene rings is 2. The van der Waals surface area contributed by atoms with E-state index < -0.39 is 12.0 Å². The van der Waals surface area contributed by atoms with Gasteiger partial charge in [-0.05, 0) is 48.7 Å². The number of hydroxylamine groups is 1. The molecule has 0 saturated heterocycles. The minimum Gasteiger partial charge on any atom is -0.377 e. The molecule has 2 aromatic carbocycles. The van der Waals surface area contributed by atoms with Crippen molar-refractivity contribution < 1.29 is 23.9 Å². The van der Waals surface area contributed by atoms with Crippen LogP contribution in [-0.2, 0) is 16.0 Å². The molecule has 2 aromatic rings. The van der Waals surface area contributed by atoms with Crippen LogP contribution < -0.4 is 5.48 Å². The van der Waals surface area contributed by atoms with Crippen molar-refractivity contribution in [3.05, 3.63) is 71.0 Å². The van der Waals surface area contributed by atoms with Crippen molar-refractivity contribution in [1.82, 2.24) is 10.4 Å². The van der Waals surface area contributed by atoms with Crippen LogP contribution >= 0.6 is 0 Å². The Kier molecular flexibility index (Phi) is 8.30. The van der Waals surface area contributed by atoms with Crippen LogP contribution in [0, 0.1) is 5.82 Å². The zero-order chi connectivity index (χ0) is 21.4. The van der Waals surface area contributed by atoms with Crippen molar-refractivity contribution in [2.45, 2.75) is 31.8 Å². The fraction of sp³-hybridized carbons (Fsp3) is 0.364. The van der Waals surface area contributed by atoms with E-state index in [1.54, 1.807) is 43.8 Å². The van der Waals surface area contributed by atoms with Gasteiger partial charge in [-0.25, -0.2) is 9.87 Å². The summed E-state index contributed by atoms with van der Waals surface area (Å²) in [4.78, 5) is 25.4. The van der Waals surface area contributed by atoms with E-state index in [1.165, 1.54) is 17.0 Å². The highest BCUT2D eigenvalue weighted by atomic mass is 19.1. The lowest BCUT2D eigenvalue weighted by atomic mass is 9.85. The Balaban J connectivity index is 2.32. The maximum absolute atomic E-state index is 13.4. The average molecular weight is 402 g/mol. The van der Waals surface area contributed by atoms with Crippen LogP contribution in [0.4, 0.5) is 4.39 Å². The van der Waals surface area contributed by atoms with Crippen molar-refractivity contribution in [3.8, 4) is 0 Å². The molecule has 0 bridgehead atoms. The molecular weight excluding hydrogens is 375 g/mol. The molecule has 0 aliphatic carbocycles. The third-order valence-electron chi connectivity index (χ3n) is 4.70. The van der Waals surface area contributed by atoms with E-state index >= 15 is 0 Å². The molecule has 2 N–H and O–H groups in total. The van der Waals surface area contributed by atoms with E-state index in [9.17, 15) is 14.0 Å². The molecule has 2 rings (SSSR count). The van der Waals surface area contributed by atoms with Crippen molar-refractivity contribution in [3.63, 3.8) is 0 Å². The zero-order valence-corrected chi connectivity index (χ0v) is 16.9. The quantitative estimate of drug-likeness (QED) is 0.499. The van der Waals surface area contributed by atoms with E-state index in [1.807, 2.05) is 19.1 Å². The van der Waals surface area contributed by atoms with E-state index in [4.69, 9.17) is 9.94 Å². The van der Waals surface area contributed by atoms with Gasteiger partial charge < -0.3 is 9.64 Å². The van der Waals surface area contributed by atoms with E-state index in [0.717, 1.165) is 11.1 Å². The van der Waals surface area contributed by atoms with Gasteiger partial charge in [0.05, 0.1) is 12.5 Å². The number of ether oxygens (including phenoxy) is 1. The Morgan fingerprint density at radius 1 is 1.10 bits per heavy atom. The van der Waals surface area contributed by atoms with Crippen LogP contribution in [0.2, 0.25) is 0 Å². The summed E-state index contributed by atoms with van der Waals surface area (Å²) >= 11 is 0. The number of rotatable bonds is 9. The Morgan fingerprint density at radius 2 is 1.72 bits per heavy atom. The van der Waals surface area contributed by atoms with E-state index in [0.29, 0.717) is 18.6 Å². The number of halogens is 1. The number of hydrogen-bond acceptors (Lipinski definition) is 4. The van der Waals surface area contributed by atoms with Gasteiger partial charge in [0.15, 0.2) is 0 Å². The Labute approximate surface area is 170 Å². The molecule has 156 valence electrons. The van der Waals surface area contributed by atoms with E-state index in [-0.39, 0.29) is 24.1 Å². The summed E-state index contributed by atoms with van der Waals surface area (Å²) in [6.07, 6.45) is -0.0321. The number of amides is 2. The van der Waals surface area contributed by atoms with E-state index in [2.05, 4.69) is 0 Å². The first kappa shape index (κ1) is 22.5. The second kappa shape index (κ2) is 10.7. The maximum atomic E-state index is 13.4. The summed E-state index contributed by atoms with van der Waals surface area (Å²) in [5, 5.41) is 8.92. The van der Waals surface area contributed by atoms with Gasteiger partial charge >= 0.3 is 0 Å². The topological polar surface area (TPSA) is 78.9 Å². The summed E-state index contributed by atoms with van der Waals surface area (Å²) in [6.45, 7) is 2.21. The van der Waals surface area contributed by atoms with Crippen LogP contribution in [0.15, 0.2) is 48.5 Å². The third kappa shape index (κ3) is 6.37. The molecule has 0 saturated carbocycles. The molecular formula is C22H27FN2O4. The summed E-state index contributed by atoms with van der Waals surface area (Å²) in [6, 6.07) is 13.3. The van der Waals surface area contributed by atoms with Crippen molar-refractivity contribution in [2.24, 2.45) is 0 Å². The number of hydrogen-bond donors (Lipinski definition) is 2. The lowest BCUT2D eigenvalue weighted by Crippen LogP contribution is -2.31. The molecule has 0 fully saturated rings. The fourth-order valence-electron chi connectivity index (χ4n) is 3.23. The number of nitrogens with zero attached hydrogens (tertiary/aromatic N) is 1. The van der Waals surface area contributed by atoms with Crippen LogP contribution in [0.25, 0.3) is 0 Å². The molecule has 29 heavy (non-hydrogen) atoms. The number of nitrogens with one attached hydrogen (secondary N) is 1. The predicted octanol–water partition coefficient (Wildman–Crippen LogP) is 3.15. The molecule has 2 atom stereocenters. The molecule has 0 aliphatic heterocycles. The van der Waals surface area contributed by atoms with Gasteiger partial charge in [-0.3, -0.25) is 14.8 Å². The normalized spacial score (nSPS) is 12.9. The highest BCUT2D eigenvalue weighted by Gasteiger charge is 2.27. The van der Waals surface area contributed by atoms with Gasteiger partial charge in [0, 0.05) is 32.2 Å². The van der Waals surface area contributed by atoms with Crippen LogP contribution in [0.1, 0.15) is 40.7 Å². The van der Waals surface area contributed by atoms with Crippen LogP contribution in [0.5, 0.6) is 0 Å². The second-order valence-corrected chi connectivity index (χ2v) is 6.99.